The molecule has 0 aliphatic carbocycles. The highest BCUT2D eigenvalue weighted by Crippen LogP contribution is 2.07. The highest BCUT2D eigenvalue weighted by molar-refractivity contribution is 5.71. The molecule has 0 aliphatic rings. The number of rotatable bonds is 6. The number of carboxylic acids is 1. The van der Waals surface area contributed by atoms with E-state index in [0.29, 0.717) is 13.2 Å². The molecule has 1 heterocycles. The van der Waals surface area contributed by atoms with Crippen LogP contribution in [0.15, 0.2) is 23.1 Å². The Morgan fingerprint density at radius 1 is 1.56 bits per heavy atom. The van der Waals surface area contributed by atoms with Gasteiger partial charge in [0.05, 0.1) is 0 Å². The Bertz CT molecular complexity index is 467. The van der Waals surface area contributed by atoms with Gasteiger partial charge in [-0.3, -0.25) is 9.36 Å². The lowest BCUT2D eigenvalue weighted by Gasteiger charge is -2.13. The van der Waals surface area contributed by atoms with Crippen LogP contribution in [-0.4, -0.2) is 47.8 Å². The van der Waals surface area contributed by atoms with Gasteiger partial charge < -0.3 is 14.7 Å². The molecule has 0 aliphatic heterocycles. The van der Waals surface area contributed by atoms with Gasteiger partial charge >= 0.3 is 5.97 Å². The van der Waals surface area contributed by atoms with Crippen LogP contribution in [0.2, 0.25) is 0 Å². The average Bonchev–Trinajstić information content (AvgIpc) is 2.30. The van der Waals surface area contributed by atoms with Crippen LogP contribution >= 0.6 is 0 Å². The number of carbonyl (C=O) groups is 1. The molecule has 1 aromatic rings. The molecule has 0 saturated carbocycles. The zero-order valence-corrected chi connectivity index (χ0v) is 10.8. The van der Waals surface area contributed by atoms with Crippen molar-refractivity contribution in [1.82, 2.24) is 9.47 Å². The van der Waals surface area contributed by atoms with Gasteiger partial charge in [-0.05, 0) is 33.2 Å². The summed E-state index contributed by atoms with van der Waals surface area (Å²) in [4.78, 5) is 24.7. The fraction of sp³-hybridized carbons (Fsp3) is 0.500. The lowest BCUT2D eigenvalue weighted by atomic mass is 10.3. The molecule has 18 heavy (non-hydrogen) atoms. The van der Waals surface area contributed by atoms with Gasteiger partial charge in [0, 0.05) is 12.7 Å². The van der Waals surface area contributed by atoms with Gasteiger partial charge in [0.1, 0.15) is 12.6 Å². The Labute approximate surface area is 105 Å². The van der Waals surface area contributed by atoms with Crippen molar-refractivity contribution in [3.63, 3.8) is 0 Å². The molecular weight excluding hydrogens is 236 g/mol. The largest absolute Gasteiger partial charge is 0.487 e. The van der Waals surface area contributed by atoms with Crippen LogP contribution in [0.5, 0.6) is 5.75 Å². The maximum Gasteiger partial charge on any atom is 0.326 e. The Hall–Kier alpha value is -1.82. The number of ether oxygens (including phenoxy) is 1. The summed E-state index contributed by atoms with van der Waals surface area (Å²) in [6.07, 6.45) is 1.44. The van der Waals surface area contributed by atoms with Gasteiger partial charge in [-0.2, -0.15) is 0 Å². The van der Waals surface area contributed by atoms with E-state index in [4.69, 9.17) is 9.84 Å². The lowest BCUT2D eigenvalue weighted by Crippen LogP contribution is -2.29. The van der Waals surface area contributed by atoms with Crippen molar-refractivity contribution in [2.45, 2.75) is 13.0 Å². The second-order valence-corrected chi connectivity index (χ2v) is 4.25. The third-order valence-corrected chi connectivity index (χ3v) is 2.51. The predicted molar refractivity (Wildman–Crippen MR) is 67.1 cm³/mol. The fourth-order valence-corrected chi connectivity index (χ4v) is 1.36. The van der Waals surface area contributed by atoms with Crippen LogP contribution in [0, 0.1) is 0 Å². The van der Waals surface area contributed by atoms with E-state index in [0.717, 1.165) is 4.57 Å². The van der Waals surface area contributed by atoms with Crippen molar-refractivity contribution in [2.24, 2.45) is 0 Å². The summed E-state index contributed by atoms with van der Waals surface area (Å²) in [5.41, 5.74) is -0.425. The molecule has 0 amide bonds. The van der Waals surface area contributed by atoms with Crippen molar-refractivity contribution in [2.75, 3.05) is 27.2 Å². The summed E-state index contributed by atoms with van der Waals surface area (Å²) in [7, 11) is 3.80. The third kappa shape index (κ3) is 3.59. The number of carboxylic acid groups (broad SMARTS) is 1. The van der Waals surface area contributed by atoms with Crippen LogP contribution in [0.4, 0.5) is 0 Å². The monoisotopic (exact) mass is 254 g/mol. The van der Waals surface area contributed by atoms with E-state index in [2.05, 4.69) is 0 Å². The summed E-state index contributed by atoms with van der Waals surface area (Å²) < 4.78 is 6.50. The molecule has 0 fully saturated rings. The number of aliphatic carboxylic acids is 1. The molecule has 6 nitrogen and oxygen atoms in total. The molecular formula is C12H18N2O4. The molecule has 0 saturated heterocycles. The van der Waals surface area contributed by atoms with Crippen molar-refractivity contribution in [1.29, 1.82) is 0 Å². The van der Waals surface area contributed by atoms with Gasteiger partial charge in [-0.1, -0.05) is 0 Å². The predicted octanol–water partition coefficient (Wildman–Crippen LogP) is 0.434. The molecule has 6 heteroatoms. The van der Waals surface area contributed by atoms with Crippen LogP contribution < -0.4 is 10.3 Å². The highest BCUT2D eigenvalue weighted by Gasteiger charge is 2.16. The average molecular weight is 254 g/mol. The van der Waals surface area contributed by atoms with Gasteiger partial charge in [-0.25, -0.2) is 4.79 Å². The Morgan fingerprint density at radius 3 is 2.78 bits per heavy atom. The number of hydrogen-bond donors (Lipinski definition) is 1. The van der Waals surface area contributed by atoms with E-state index in [1.165, 1.54) is 13.1 Å². The van der Waals surface area contributed by atoms with Gasteiger partial charge in [0.15, 0.2) is 5.75 Å². The summed E-state index contributed by atoms with van der Waals surface area (Å²) in [5, 5.41) is 8.89. The number of hydrogen-bond acceptors (Lipinski definition) is 4. The number of likely N-dealkylation sites (N-methyl/N-ethyl adjacent to an activating group) is 1. The number of nitrogens with zero attached hydrogens (tertiary/aromatic N) is 2. The first-order valence-electron chi connectivity index (χ1n) is 5.65. The molecule has 1 aromatic heterocycles. The minimum atomic E-state index is -1.05. The Balaban J connectivity index is 2.85. The fourth-order valence-electron chi connectivity index (χ4n) is 1.36. The van der Waals surface area contributed by atoms with Crippen LogP contribution in [0.3, 0.4) is 0 Å². The third-order valence-electron chi connectivity index (χ3n) is 2.51. The number of aromatic nitrogens is 1. The van der Waals surface area contributed by atoms with Crippen LogP contribution in [0.1, 0.15) is 13.0 Å². The van der Waals surface area contributed by atoms with Crippen molar-refractivity contribution >= 4 is 5.97 Å². The molecule has 0 spiro atoms. The van der Waals surface area contributed by atoms with Gasteiger partial charge in [0.2, 0.25) is 0 Å². The van der Waals surface area contributed by atoms with E-state index in [1.54, 1.807) is 12.1 Å². The second-order valence-electron chi connectivity index (χ2n) is 4.25. The summed E-state index contributed by atoms with van der Waals surface area (Å²) in [6.45, 7) is 2.52. The van der Waals surface area contributed by atoms with E-state index in [1.807, 2.05) is 19.0 Å². The molecule has 100 valence electrons. The number of pyridine rings is 1. The summed E-state index contributed by atoms with van der Waals surface area (Å²) in [6, 6.07) is 2.24. The van der Waals surface area contributed by atoms with E-state index < -0.39 is 17.6 Å². The van der Waals surface area contributed by atoms with Crippen molar-refractivity contribution in [3.8, 4) is 5.75 Å². The van der Waals surface area contributed by atoms with E-state index in [-0.39, 0.29) is 5.75 Å². The van der Waals surface area contributed by atoms with Gasteiger partial charge in [-0.15, -0.1) is 0 Å². The molecule has 0 bridgehead atoms. The Morgan fingerprint density at radius 2 is 2.22 bits per heavy atom. The molecule has 1 N–H and O–H groups in total. The van der Waals surface area contributed by atoms with Crippen molar-refractivity contribution < 1.29 is 14.6 Å². The first-order chi connectivity index (χ1) is 8.43. The van der Waals surface area contributed by atoms with Gasteiger partial charge in [0.25, 0.3) is 5.56 Å². The molecule has 0 radical (unpaired) electrons. The first kappa shape index (κ1) is 14.2. The summed E-state index contributed by atoms with van der Waals surface area (Å²) >= 11 is 0. The molecule has 0 aromatic carbocycles. The SMILES string of the molecule is CC(C(=O)O)n1cccc(OCCN(C)C)c1=O. The van der Waals surface area contributed by atoms with Crippen LogP contribution in [-0.2, 0) is 4.79 Å². The standard InChI is InChI=1S/C12H18N2O4/c1-9(12(16)17)14-6-4-5-10(11(14)15)18-8-7-13(2)3/h4-6,9H,7-8H2,1-3H3,(H,16,17). The highest BCUT2D eigenvalue weighted by atomic mass is 16.5. The molecule has 1 rings (SSSR count). The maximum absolute atomic E-state index is 12.0. The zero-order chi connectivity index (χ0) is 13.7. The topological polar surface area (TPSA) is 71.8 Å². The lowest BCUT2D eigenvalue weighted by molar-refractivity contribution is -0.140. The Kier molecular flexibility index (Phi) is 4.91. The van der Waals surface area contributed by atoms with E-state index >= 15 is 0 Å². The normalized spacial score (nSPS) is 12.4. The van der Waals surface area contributed by atoms with E-state index in [9.17, 15) is 9.59 Å². The van der Waals surface area contributed by atoms with Crippen LogP contribution in [0.25, 0.3) is 0 Å². The maximum atomic E-state index is 12.0. The smallest absolute Gasteiger partial charge is 0.326 e. The first-order valence-corrected chi connectivity index (χ1v) is 5.65. The summed E-state index contributed by atoms with van der Waals surface area (Å²) in [5.74, 6) is -0.880. The second kappa shape index (κ2) is 6.20. The van der Waals surface area contributed by atoms with Crippen molar-refractivity contribution in [3.05, 3.63) is 28.7 Å². The molecule has 1 unspecified atom stereocenters. The zero-order valence-electron chi connectivity index (χ0n) is 10.8. The molecule has 1 atom stereocenters. The minimum Gasteiger partial charge on any atom is -0.487 e. The minimum absolute atomic E-state index is 0.174. The quantitative estimate of drug-likeness (QED) is 0.797.